The molecule has 1 aliphatic rings. The fourth-order valence-electron chi connectivity index (χ4n) is 2.88. The van der Waals surface area contributed by atoms with Crippen LogP contribution in [0.15, 0.2) is 53.4 Å². The molecule has 0 spiro atoms. The predicted molar refractivity (Wildman–Crippen MR) is 109 cm³/mol. The first-order valence-electron chi connectivity index (χ1n) is 8.45. The van der Waals surface area contributed by atoms with E-state index in [2.05, 4.69) is 5.32 Å². The fraction of sp³-hybridized carbons (Fsp3) is 0.300. The van der Waals surface area contributed by atoms with Crippen molar-refractivity contribution in [1.82, 2.24) is 10.2 Å². The van der Waals surface area contributed by atoms with E-state index in [-0.39, 0.29) is 11.8 Å². The molecular formula is C20H22N2O2S2. The van der Waals surface area contributed by atoms with E-state index in [1.54, 1.807) is 28.4 Å². The standard InChI is InChI=1S/C20H22N2O2S2/c1-14-8-9-16(25-2)10-17(14)20(24)22-13-26-12-18(22)19(23)21-11-15-6-4-3-5-7-15/h3-10,18H,11-13H2,1-2H3,(H,21,23)/t18-/m1/s1. The minimum absolute atomic E-state index is 0.0664. The van der Waals surface area contributed by atoms with Crippen LogP contribution in [-0.2, 0) is 11.3 Å². The highest BCUT2D eigenvalue weighted by Crippen LogP contribution is 2.26. The van der Waals surface area contributed by atoms with Gasteiger partial charge in [-0.1, -0.05) is 36.4 Å². The molecule has 0 unspecified atom stereocenters. The highest BCUT2D eigenvalue weighted by atomic mass is 32.2. The van der Waals surface area contributed by atoms with E-state index in [0.717, 1.165) is 16.0 Å². The Labute approximate surface area is 162 Å². The van der Waals surface area contributed by atoms with Crippen molar-refractivity contribution in [2.75, 3.05) is 17.9 Å². The Morgan fingerprint density at radius 3 is 2.73 bits per heavy atom. The number of thioether (sulfide) groups is 2. The third-order valence-corrected chi connectivity index (χ3v) is 6.17. The van der Waals surface area contributed by atoms with Gasteiger partial charge < -0.3 is 10.2 Å². The van der Waals surface area contributed by atoms with Crippen LogP contribution in [0.5, 0.6) is 0 Å². The van der Waals surface area contributed by atoms with Crippen LogP contribution in [0, 0.1) is 6.92 Å². The third kappa shape index (κ3) is 4.24. The second-order valence-corrected chi connectivity index (χ2v) is 8.05. The van der Waals surface area contributed by atoms with Crippen molar-refractivity contribution >= 4 is 35.3 Å². The number of carbonyl (C=O) groups is 2. The van der Waals surface area contributed by atoms with E-state index in [1.165, 1.54) is 0 Å². The van der Waals surface area contributed by atoms with Gasteiger partial charge in [0, 0.05) is 22.8 Å². The Bertz CT molecular complexity index is 796. The molecule has 1 heterocycles. The van der Waals surface area contributed by atoms with Crippen LogP contribution in [0.4, 0.5) is 0 Å². The van der Waals surface area contributed by atoms with Gasteiger partial charge in [-0.2, -0.15) is 0 Å². The summed E-state index contributed by atoms with van der Waals surface area (Å²) in [5.41, 5.74) is 2.67. The molecule has 2 aromatic rings. The molecule has 0 aromatic heterocycles. The molecule has 1 N–H and O–H groups in total. The Balaban J connectivity index is 1.71. The number of hydrogen-bond donors (Lipinski definition) is 1. The van der Waals surface area contributed by atoms with Crippen LogP contribution in [0.3, 0.4) is 0 Å². The molecule has 2 aromatic carbocycles. The monoisotopic (exact) mass is 386 g/mol. The first kappa shape index (κ1) is 18.9. The van der Waals surface area contributed by atoms with Crippen molar-refractivity contribution in [3.63, 3.8) is 0 Å². The number of amides is 2. The molecule has 136 valence electrons. The molecule has 26 heavy (non-hydrogen) atoms. The van der Waals surface area contributed by atoms with Crippen LogP contribution >= 0.6 is 23.5 Å². The molecule has 2 amide bonds. The smallest absolute Gasteiger partial charge is 0.255 e. The molecule has 1 atom stereocenters. The van der Waals surface area contributed by atoms with Gasteiger partial charge in [-0.25, -0.2) is 0 Å². The average Bonchev–Trinajstić information content (AvgIpc) is 3.17. The Morgan fingerprint density at radius 2 is 2.00 bits per heavy atom. The summed E-state index contributed by atoms with van der Waals surface area (Å²) in [7, 11) is 0. The van der Waals surface area contributed by atoms with Gasteiger partial charge in [0.05, 0.1) is 5.88 Å². The van der Waals surface area contributed by atoms with Crippen LogP contribution in [-0.4, -0.2) is 40.6 Å². The van der Waals surface area contributed by atoms with E-state index in [4.69, 9.17) is 0 Å². The van der Waals surface area contributed by atoms with E-state index < -0.39 is 6.04 Å². The van der Waals surface area contributed by atoms with Crippen molar-refractivity contribution in [3.8, 4) is 0 Å². The summed E-state index contributed by atoms with van der Waals surface area (Å²) >= 11 is 3.23. The molecule has 0 bridgehead atoms. The summed E-state index contributed by atoms with van der Waals surface area (Å²) in [5, 5.41) is 2.96. The van der Waals surface area contributed by atoms with Crippen LogP contribution in [0.1, 0.15) is 21.5 Å². The Hall–Kier alpha value is -1.92. The number of carbonyl (C=O) groups excluding carboxylic acids is 2. The lowest BCUT2D eigenvalue weighted by Crippen LogP contribution is -2.47. The van der Waals surface area contributed by atoms with E-state index in [9.17, 15) is 9.59 Å². The number of nitrogens with zero attached hydrogens (tertiary/aromatic N) is 1. The second kappa shape index (κ2) is 8.64. The fourth-order valence-corrected chi connectivity index (χ4v) is 4.47. The minimum Gasteiger partial charge on any atom is -0.350 e. The van der Waals surface area contributed by atoms with Crippen molar-refractivity contribution in [3.05, 3.63) is 65.2 Å². The summed E-state index contributed by atoms with van der Waals surface area (Å²) in [6.07, 6.45) is 1.99. The van der Waals surface area contributed by atoms with Gasteiger partial charge in [0.15, 0.2) is 0 Å². The SMILES string of the molecule is CSc1ccc(C)c(C(=O)N2CSC[C@@H]2C(=O)NCc2ccccc2)c1. The Kier molecular flexibility index (Phi) is 6.27. The van der Waals surface area contributed by atoms with Gasteiger partial charge in [-0.15, -0.1) is 23.5 Å². The lowest BCUT2D eigenvalue weighted by Gasteiger charge is -2.24. The maximum absolute atomic E-state index is 13.0. The molecule has 1 aliphatic heterocycles. The quantitative estimate of drug-likeness (QED) is 0.799. The molecule has 1 saturated heterocycles. The van der Waals surface area contributed by atoms with Crippen molar-refractivity contribution in [2.24, 2.45) is 0 Å². The molecule has 3 rings (SSSR count). The largest absolute Gasteiger partial charge is 0.350 e. The predicted octanol–water partition coefficient (Wildman–Crippen LogP) is 3.55. The zero-order valence-electron chi connectivity index (χ0n) is 14.9. The molecule has 6 heteroatoms. The molecule has 0 saturated carbocycles. The van der Waals surface area contributed by atoms with Gasteiger partial charge in [0.2, 0.25) is 5.91 Å². The maximum Gasteiger partial charge on any atom is 0.255 e. The molecule has 0 aliphatic carbocycles. The maximum atomic E-state index is 13.0. The van der Waals surface area contributed by atoms with E-state index in [0.29, 0.717) is 23.7 Å². The number of rotatable bonds is 5. The molecule has 0 radical (unpaired) electrons. The number of aryl methyl sites for hydroxylation is 1. The summed E-state index contributed by atoms with van der Waals surface area (Å²) < 4.78 is 0. The van der Waals surface area contributed by atoms with Crippen LogP contribution < -0.4 is 5.32 Å². The second-order valence-electron chi connectivity index (χ2n) is 6.17. The van der Waals surface area contributed by atoms with Gasteiger partial charge in [-0.05, 0) is 36.4 Å². The third-order valence-electron chi connectivity index (χ3n) is 4.43. The normalized spacial score (nSPS) is 16.5. The highest BCUT2D eigenvalue weighted by molar-refractivity contribution is 7.99. The van der Waals surface area contributed by atoms with Gasteiger partial charge >= 0.3 is 0 Å². The lowest BCUT2D eigenvalue weighted by molar-refractivity contribution is -0.124. The van der Waals surface area contributed by atoms with Crippen molar-refractivity contribution < 1.29 is 9.59 Å². The summed E-state index contributed by atoms with van der Waals surface area (Å²) in [6, 6.07) is 15.3. The van der Waals surface area contributed by atoms with Crippen LogP contribution in [0.2, 0.25) is 0 Å². The van der Waals surface area contributed by atoms with E-state index in [1.807, 2.05) is 61.7 Å². The first-order valence-corrected chi connectivity index (χ1v) is 10.8. The molecule has 1 fully saturated rings. The first-order chi connectivity index (χ1) is 12.6. The van der Waals surface area contributed by atoms with Crippen molar-refractivity contribution in [2.45, 2.75) is 24.4 Å². The lowest BCUT2D eigenvalue weighted by atomic mass is 10.1. The molecule has 4 nitrogen and oxygen atoms in total. The van der Waals surface area contributed by atoms with Crippen LogP contribution in [0.25, 0.3) is 0 Å². The summed E-state index contributed by atoms with van der Waals surface area (Å²) in [5.74, 6) is 1.02. The van der Waals surface area contributed by atoms with Gasteiger partial charge in [-0.3, -0.25) is 9.59 Å². The zero-order chi connectivity index (χ0) is 18.5. The minimum atomic E-state index is -0.423. The Morgan fingerprint density at radius 1 is 1.23 bits per heavy atom. The number of nitrogens with one attached hydrogen (secondary N) is 1. The highest BCUT2D eigenvalue weighted by Gasteiger charge is 2.35. The average molecular weight is 387 g/mol. The van der Waals surface area contributed by atoms with Crippen molar-refractivity contribution in [1.29, 1.82) is 0 Å². The molecular weight excluding hydrogens is 364 g/mol. The van der Waals surface area contributed by atoms with E-state index >= 15 is 0 Å². The topological polar surface area (TPSA) is 49.4 Å². The zero-order valence-corrected chi connectivity index (χ0v) is 16.5. The number of hydrogen-bond acceptors (Lipinski definition) is 4. The summed E-state index contributed by atoms with van der Waals surface area (Å²) in [6.45, 7) is 2.41. The van der Waals surface area contributed by atoms with Gasteiger partial charge in [0.25, 0.3) is 5.91 Å². The number of benzene rings is 2. The summed E-state index contributed by atoms with van der Waals surface area (Å²) in [4.78, 5) is 28.4. The van der Waals surface area contributed by atoms with Gasteiger partial charge in [0.1, 0.15) is 6.04 Å².